The van der Waals surface area contributed by atoms with E-state index in [2.05, 4.69) is 6.92 Å². The quantitative estimate of drug-likeness (QED) is 0.251. The molecule has 0 unspecified atom stereocenters. The zero-order valence-corrected chi connectivity index (χ0v) is 9.83. The average molecular weight is 239 g/mol. The lowest BCUT2D eigenvalue weighted by molar-refractivity contribution is -0.385. The molecule has 16 heavy (non-hydrogen) atoms. The van der Waals surface area contributed by atoms with E-state index in [0.717, 1.165) is 23.5 Å². The van der Waals surface area contributed by atoms with Crippen LogP contribution >= 0.6 is 11.8 Å². The Kier molecular flexibility index (Phi) is 4.98. The van der Waals surface area contributed by atoms with Gasteiger partial charge in [-0.2, -0.15) is 0 Å². The van der Waals surface area contributed by atoms with Crippen LogP contribution in [0.5, 0.6) is 0 Å². The van der Waals surface area contributed by atoms with Gasteiger partial charge in [-0.1, -0.05) is 13.3 Å². The molecule has 0 spiro atoms. The number of hydrogen-bond acceptors (Lipinski definition) is 4. The number of thioether (sulfide) groups is 1. The highest BCUT2D eigenvalue weighted by Crippen LogP contribution is 2.26. The van der Waals surface area contributed by atoms with E-state index in [9.17, 15) is 14.9 Å². The van der Waals surface area contributed by atoms with E-state index in [1.165, 1.54) is 12.1 Å². The zero-order chi connectivity index (χ0) is 12.0. The third-order valence-electron chi connectivity index (χ3n) is 2.09. The van der Waals surface area contributed by atoms with Crippen molar-refractivity contribution in [2.75, 3.05) is 5.75 Å². The summed E-state index contributed by atoms with van der Waals surface area (Å²) in [6.45, 7) is 2.10. The van der Waals surface area contributed by atoms with Crippen LogP contribution in [0.25, 0.3) is 0 Å². The molecule has 1 aromatic rings. The van der Waals surface area contributed by atoms with Crippen molar-refractivity contribution in [1.82, 2.24) is 0 Å². The molecule has 0 N–H and O–H groups in total. The SMILES string of the molecule is CCCCSc1ccc(C=O)c([N+](=O)[O-])c1. The topological polar surface area (TPSA) is 60.2 Å². The first-order chi connectivity index (χ1) is 7.69. The van der Waals surface area contributed by atoms with Crippen LogP contribution in [0, 0.1) is 10.1 Å². The number of nitro benzene ring substituents is 1. The lowest BCUT2D eigenvalue weighted by Crippen LogP contribution is -1.94. The molecule has 0 aliphatic rings. The van der Waals surface area contributed by atoms with Crippen LogP contribution in [-0.4, -0.2) is 17.0 Å². The van der Waals surface area contributed by atoms with E-state index in [-0.39, 0.29) is 11.3 Å². The van der Waals surface area contributed by atoms with Crippen LogP contribution < -0.4 is 0 Å². The Morgan fingerprint density at radius 1 is 1.50 bits per heavy atom. The van der Waals surface area contributed by atoms with Gasteiger partial charge in [0.15, 0.2) is 6.29 Å². The van der Waals surface area contributed by atoms with Crippen molar-refractivity contribution >= 4 is 23.7 Å². The Balaban J connectivity index is 2.85. The van der Waals surface area contributed by atoms with Gasteiger partial charge in [-0.15, -0.1) is 11.8 Å². The Morgan fingerprint density at radius 3 is 2.81 bits per heavy atom. The van der Waals surface area contributed by atoms with Crippen LogP contribution in [0.2, 0.25) is 0 Å². The molecule has 1 rings (SSSR count). The lowest BCUT2D eigenvalue weighted by Gasteiger charge is -2.01. The van der Waals surface area contributed by atoms with Crippen LogP contribution in [0.15, 0.2) is 23.1 Å². The molecule has 1 aromatic carbocycles. The molecule has 0 radical (unpaired) electrons. The molecule has 0 saturated carbocycles. The van der Waals surface area contributed by atoms with Gasteiger partial charge in [0.1, 0.15) is 0 Å². The van der Waals surface area contributed by atoms with E-state index in [0.29, 0.717) is 6.29 Å². The fourth-order valence-electron chi connectivity index (χ4n) is 1.21. The normalized spacial score (nSPS) is 10.1. The monoisotopic (exact) mass is 239 g/mol. The molecular formula is C11H13NO3S. The number of carbonyl (C=O) groups excluding carboxylic acids is 1. The minimum absolute atomic E-state index is 0.114. The van der Waals surface area contributed by atoms with Gasteiger partial charge in [-0.3, -0.25) is 14.9 Å². The summed E-state index contributed by atoms with van der Waals surface area (Å²) in [5.74, 6) is 0.939. The number of unbranched alkanes of at least 4 members (excludes halogenated alkanes) is 1. The molecule has 0 amide bonds. The Labute approximate surface area is 98.2 Å². The van der Waals surface area contributed by atoms with E-state index in [1.54, 1.807) is 17.8 Å². The Hall–Kier alpha value is -1.36. The van der Waals surface area contributed by atoms with Gasteiger partial charge in [-0.05, 0) is 24.3 Å². The maximum atomic E-state index is 10.7. The lowest BCUT2D eigenvalue weighted by atomic mass is 10.2. The molecule has 4 nitrogen and oxygen atoms in total. The minimum atomic E-state index is -0.520. The second-order valence-corrected chi connectivity index (χ2v) is 4.47. The zero-order valence-electron chi connectivity index (χ0n) is 9.01. The molecule has 0 bridgehead atoms. The molecule has 0 heterocycles. The third-order valence-corrected chi connectivity index (χ3v) is 3.17. The van der Waals surface area contributed by atoms with Crippen LogP contribution in [0.3, 0.4) is 0 Å². The third kappa shape index (κ3) is 3.34. The van der Waals surface area contributed by atoms with E-state index in [4.69, 9.17) is 0 Å². The fourth-order valence-corrected chi connectivity index (χ4v) is 2.23. The van der Waals surface area contributed by atoms with Crippen molar-refractivity contribution < 1.29 is 9.72 Å². The van der Waals surface area contributed by atoms with Crippen LogP contribution in [0.4, 0.5) is 5.69 Å². The van der Waals surface area contributed by atoms with Gasteiger partial charge in [0, 0.05) is 11.0 Å². The Morgan fingerprint density at radius 2 is 2.25 bits per heavy atom. The summed E-state index contributed by atoms with van der Waals surface area (Å²) in [6, 6.07) is 4.71. The number of nitrogens with zero attached hydrogens (tertiary/aromatic N) is 1. The predicted octanol–water partition coefficient (Wildman–Crippen LogP) is 3.30. The molecule has 0 aliphatic heterocycles. The van der Waals surface area contributed by atoms with Crippen LogP contribution in [0.1, 0.15) is 30.1 Å². The summed E-state index contributed by atoms with van der Waals surface area (Å²) in [4.78, 5) is 21.6. The number of nitro groups is 1. The molecule has 86 valence electrons. The van der Waals surface area contributed by atoms with Gasteiger partial charge in [0.2, 0.25) is 0 Å². The summed E-state index contributed by atoms with van der Waals surface area (Å²) < 4.78 is 0. The summed E-state index contributed by atoms with van der Waals surface area (Å²) in [7, 11) is 0. The highest BCUT2D eigenvalue weighted by Gasteiger charge is 2.13. The summed E-state index contributed by atoms with van der Waals surface area (Å²) >= 11 is 1.58. The molecule has 0 saturated heterocycles. The first-order valence-corrected chi connectivity index (χ1v) is 6.04. The summed E-state index contributed by atoms with van der Waals surface area (Å²) in [5.41, 5.74) is 0.0151. The maximum Gasteiger partial charge on any atom is 0.281 e. The van der Waals surface area contributed by atoms with E-state index < -0.39 is 4.92 Å². The smallest absolute Gasteiger partial charge is 0.281 e. The van der Waals surface area contributed by atoms with Gasteiger partial charge < -0.3 is 0 Å². The number of carbonyl (C=O) groups is 1. The second-order valence-electron chi connectivity index (χ2n) is 3.30. The predicted molar refractivity (Wildman–Crippen MR) is 64.1 cm³/mol. The van der Waals surface area contributed by atoms with Gasteiger partial charge in [0.25, 0.3) is 5.69 Å². The first-order valence-electron chi connectivity index (χ1n) is 5.05. The van der Waals surface area contributed by atoms with E-state index >= 15 is 0 Å². The number of benzene rings is 1. The molecule has 0 fully saturated rings. The maximum absolute atomic E-state index is 10.7. The fraction of sp³-hybridized carbons (Fsp3) is 0.364. The van der Waals surface area contributed by atoms with Crippen molar-refractivity contribution in [2.24, 2.45) is 0 Å². The van der Waals surface area contributed by atoms with E-state index in [1.807, 2.05) is 0 Å². The molecular weight excluding hydrogens is 226 g/mol. The molecule has 0 atom stereocenters. The van der Waals surface area contributed by atoms with Gasteiger partial charge in [0.05, 0.1) is 10.5 Å². The number of hydrogen-bond donors (Lipinski definition) is 0. The summed E-state index contributed by atoms with van der Waals surface area (Å²) in [6.07, 6.45) is 2.69. The molecule has 0 aliphatic carbocycles. The largest absolute Gasteiger partial charge is 0.298 e. The molecule has 0 aromatic heterocycles. The number of aldehydes is 1. The highest BCUT2D eigenvalue weighted by atomic mass is 32.2. The van der Waals surface area contributed by atoms with Crippen molar-refractivity contribution in [2.45, 2.75) is 24.7 Å². The van der Waals surface area contributed by atoms with Crippen LogP contribution in [-0.2, 0) is 0 Å². The molecule has 5 heteroatoms. The van der Waals surface area contributed by atoms with Crippen molar-refractivity contribution in [1.29, 1.82) is 0 Å². The van der Waals surface area contributed by atoms with Crippen molar-refractivity contribution in [3.05, 3.63) is 33.9 Å². The van der Waals surface area contributed by atoms with Crippen molar-refractivity contribution in [3.8, 4) is 0 Å². The minimum Gasteiger partial charge on any atom is -0.298 e. The Bertz CT molecular complexity index is 393. The van der Waals surface area contributed by atoms with Gasteiger partial charge in [-0.25, -0.2) is 0 Å². The second kappa shape index (κ2) is 6.27. The van der Waals surface area contributed by atoms with Crippen molar-refractivity contribution in [3.63, 3.8) is 0 Å². The first kappa shape index (κ1) is 12.7. The standard InChI is InChI=1S/C11H13NO3S/c1-2-3-6-16-10-5-4-9(8-13)11(7-10)12(14)15/h4-5,7-8H,2-3,6H2,1H3. The van der Waals surface area contributed by atoms with Gasteiger partial charge >= 0.3 is 0 Å². The number of rotatable bonds is 6. The summed E-state index contributed by atoms with van der Waals surface area (Å²) in [5, 5.41) is 10.7. The highest BCUT2D eigenvalue weighted by molar-refractivity contribution is 7.99. The average Bonchev–Trinajstić information content (AvgIpc) is 2.29.